The molecule has 0 unspecified atom stereocenters. The maximum atomic E-state index is 7.44. The minimum Gasteiger partial charge on any atom is -0.457 e. The average molecular weight is 743 g/mol. The third-order valence-electron chi connectivity index (χ3n) is 10.9. The predicted molar refractivity (Wildman–Crippen MR) is 232 cm³/mol. The van der Waals surface area contributed by atoms with Crippen molar-refractivity contribution >= 4 is 5.69 Å². The largest absolute Gasteiger partial charge is 0.457 e. The number of aromatic nitrogens is 3. The molecular formula is C53H34N4O. The van der Waals surface area contributed by atoms with Crippen molar-refractivity contribution in [2.75, 3.05) is 0 Å². The summed E-state index contributed by atoms with van der Waals surface area (Å²) in [5, 5.41) is 0. The van der Waals surface area contributed by atoms with Gasteiger partial charge in [-0.15, -0.1) is 0 Å². The number of hydrogen-bond donors (Lipinski definition) is 0. The van der Waals surface area contributed by atoms with Crippen LogP contribution in [0.3, 0.4) is 0 Å². The van der Waals surface area contributed by atoms with E-state index in [1.54, 1.807) is 12.1 Å². The zero-order valence-electron chi connectivity index (χ0n) is 31.3. The van der Waals surface area contributed by atoms with Gasteiger partial charge in [-0.1, -0.05) is 194 Å². The fourth-order valence-corrected chi connectivity index (χ4v) is 8.19. The first-order chi connectivity index (χ1) is 28.7. The molecule has 0 bridgehead atoms. The van der Waals surface area contributed by atoms with Crippen LogP contribution in [0.1, 0.15) is 22.3 Å². The molecule has 0 saturated carbocycles. The first kappa shape index (κ1) is 34.5. The van der Waals surface area contributed by atoms with Crippen LogP contribution >= 0.6 is 0 Å². The van der Waals surface area contributed by atoms with E-state index in [9.17, 15) is 0 Å². The van der Waals surface area contributed by atoms with E-state index in [-0.39, 0.29) is 0 Å². The molecule has 5 heteroatoms. The Morgan fingerprint density at radius 3 is 1.50 bits per heavy atom. The van der Waals surface area contributed by atoms with Crippen LogP contribution in [0, 0.1) is 6.57 Å². The van der Waals surface area contributed by atoms with E-state index >= 15 is 0 Å². The molecule has 0 atom stereocenters. The van der Waals surface area contributed by atoms with Crippen molar-refractivity contribution in [2.45, 2.75) is 5.41 Å². The summed E-state index contributed by atoms with van der Waals surface area (Å²) in [5.74, 6) is 3.33. The highest BCUT2D eigenvalue weighted by Gasteiger charge is 2.45. The van der Waals surface area contributed by atoms with Gasteiger partial charge in [0.15, 0.2) is 23.2 Å². The maximum Gasteiger partial charge on any atom is 0.187 e. The molecule has 0 spiro atoms. The molecule has 9 aromatic rings. The molecule has 272 valence electrons. The molecule has 0 fully saturated rings. The highest BCUT2D eigenvalue weighted by atomic mass is 16.5. The summed E-state index contributed by atoms with van der Waals surface area (Å²) in [6.45, 7) is 7.44. The van der Waals surface area contributed by atoms with Crippen LogP contribution in [0.5, 0.6) is 11.5 Å². The predicted octanol–water partition coefficient (Wildman–Crippen LogP) is 13.2. The lowest BCUT2D eigenvalue weighted by molar-refractivity contribution is 0.435. The molecule has 8 aromatic carbocycles. The van der Waals surface area contributed by atoms with E-state index in [1.165, 1.54) is 11.1 Å². The quantitative estimate of drug-likeness (QED) is 0.153. The fourth-order valence-electron chi connectivity index (χ4n) is 8.19. The van der Waals surface area contributed by atoms with E-state index in [2.05, 4.69) is 150 Å². The first-order valence-corrected chi connectivity index (χ1v) is 19.2. The minimum absolute atomic E-state index is 0.538. The van der Waals surface area contributed by atoms with Crippen molar-refractivity contribution in [3.63, 3.8) is 0 Å². The van der Waals surface area contributed by atoms with Crippen LogP contribution in [-0.2, 0) is 5.41 Å². The van der Waals surface area contributed by atoms with Gasteiger partial charge in [-0.3, -0.25) is 0 Å². The lowest BCUT2D eigenvalue weighted by atomic mass is 9.63. The van der Waals surface area contributed by atoms with Crippen molar-refractivity contribution in [3.05, 3.63) is 240 Å². The van der Waals surface area contributed by atoms with Gasteiger partial charge >= 0.3 is 0 Å². The second kappa shape index (κ2) is 14.6. The fraction of sp³-hybridized carbons (Fsp3) is 0.0189. The molecule has 1 aliphatic rings. The Morgan fingerprint density at radius 1 is 0.379 bits per heavy atom. The third-order valence-corrected chi connectivity index (χ3v) is 10.9. The number of fused-ring (bicyclic) bond motifs is 2. The standard InChI is InChI=1S/C53H34N4O/c1-54-43-32-29-39(30-33-43)51-55-50(56-52(57-51)45-22-12-11-21-44(45)37-15-5-2-6-16-37)38-27-25-36(26-28-38)40-31-34-47-49(35-40)58-48-24-14-13-23-46(48)53(47,41-17-7-3-8-18-41)42-19-9-4-10-20-42/h2-35H. The SMILES string of the molecule is [C-]#[N+]c1ccc(-c2nc(-c3ccc(-c4ccc5c(c4)Oc4ccccc4C5(c4ccccc4)c4ccccc4)cc3)nc(-c3ccccc3-c3ccccc3)n2)cc1. The van der Waals surface area contributed by atoms with Gasteiger partial charge in [-0.05, 0) is 45.5 Å². The molecule has 0 saturated heterocycles. The topological polar surface area (TPSA) is 52.3 Å². The number of para-hydroxylation sites is 1. The molecule has 0 aliphatic carbocycles. The molecule has 10 rings (SSSR count). The van der Waals surface area contributed by atoms with Gasteiger partial charge in [0.1, 0.15) is 11.5 Å². The van der Waals surface area contributed by atoms with Crippen LogP contribution in [0.4, 0.5) is 5.69 Å². The van der Waals surface area contributed by atoms with Crippen LogP contribution < -0.4 is 4.74 Å². The van der Waals surface area contributed by atoms with Crippen LogP contribution in [0.15, 0.2) is 206 Å². The molecule has 1 aromatic heterocycles. The van der Waals surface area contributed by atoms with E-state index in [0.29, 0.717) is 23.2 Å². The van der Waals surface area contributed by atoms with Gasteiger partial charge in [-0.2, -0.15) is 0 Å². The Hall–Kier alpha value is -7.94. The number of ether oxygens (including phenoxy) is 1. The second-order valence-corrected chi connectivity index (χ2v) is 14.2. The van der Waals surface area contributed by atoms with Gasteiger partial charge in [0, 0.05) is 27.8 Å². The highest BCUT2D eigenvalue weighted by molar-refractivity contribution is 5.82. The minimum atomic E-state index is -0.571. The molecule has 0 N–H and O–H groups in total. The molecule has 1 aliphatic heterocycles. The summed E-state index contributed by atoms with van der Waals surface area (Å²) in [6, 6.07) is 70.6. The van der Waals surface area contributed by atoms with E-state index in [4.69, 9.17) is 26.3 Å². The number of nitrogens with zero attached hydrogens (tertiary/aromatic N) is 4. The monoisotopic (exact) mass is 742 g/mol. The Balaban J connectivity index is 1.07. The van der Waals surface area contributed by atoms with Gasteiger partial charge in [0.05, 0.1) is 12.0 Å². The van der Waals surface area contributed by atoms with Crippen molar-refractivity contribution in [2.24, 2.45) is 0 Å². The van der Waals surface area contributed by atoms with E-state index < -0.39 is 5.41 Å². The summed E-state index contributed by atoms with van der Waals surface area (Å²) in [4.78, 5) is 18.7. The van der Waals surface area contributed by atoms with Crippen LogP contribution in [0.2, 0.25) is 0 Å². The average Bonchev–Trinajstić information content (AvgIpc) is 3.31. The van der Waals surface area contributed by atoms with Crippen LogP contribution in [-0.4, -0.2) is 15.0 Å². The highest BCUT2D eigenvalue weighted by Crippen LogP contribution is 2.55. The van der Waals surface area contributed by atoms with Gasteiger partial charge in [0.2, 0.25) is 0 Å². The summed E-state index contributed by atoms with van der Waals surface area (Å²) in [5.41, 5.74) is 11.3. The Morgan fingerprint density at radius 2 is 0.862 bits per heavy atom. The van der Waals surface area contributed by atoms with Gasteiger partial charge in [-0.25, -0.2) is 19.8 Å². The van der Waals surface area contributed by atoms with Crippen molar-refractivity contribution in [1.29, 1.82) is 0 Å². The van der Waals surface area contributed by atoms with E-state index in [0.717, 1.165) is 61.6 Å². The van der Waals surface area contributed by atoms with E-state index in [1.807, 2.05) is 48.5 Å². The van der Waals surface area contributed by atoms with Crippen molar-refractivity contribution in [1.82, 2.24) is 15.0 Å². The molecule has 58 heavy (non-hydrogen) atoms. The first-order valence-electron chi connectivity index (χ1n) is 19.2. The maximum absolute atomic E-state index is 7.44. The molecular weight excluding hydrogens is 709 g/mol. The summed E-state index contributed by atoms with van der Waals surface area (Å²) < 4.78 is 6.75. The van der Waals surface area contributed by atoms with Gasteiger partial charge in [0.25, 0.3) is 0 Å². The third kappa shape index (κ3) is 6.01. The van der Waals surface area contributed by atoms with Crippen molar-refractivity contribution in [3.8, 4) is 67.9 Å². The second-order valence-electron chi connectivity index (χ2n) is 14.2. The zero-order valence-corrected chi connectivity index (χ0v) is 31.3. The molecule has 2 heterocycles. The molecule has 0 radical (unpaired) electrons. The summed E-state index contributed by atoms with van der Waals surface area (Å²) in [6.07, 6.45) is 0. The van der Waals surface area contributed by atoms with Crippen LogP contribution in [0.25, 0.3) is 61.3 Å². The lowest BCUT2D eigenvalue weighted by Gasteiger charge is -2.41. The smallest absolute Gasteiger partial charge is 0.187 e. The Kier molecular flexibility index (Phi) is 8.70. The number of benzene rings is 8. The molecule has 5 nitrogen and oxygen atoms in total. The number of rotatable bonds is 7. The lowest BCUT2D eigenvalue weighted by Crippen LogP contribution is -2.34. The Labute approximate surface area is 337 Å². The number of hydrogen-bond acceptors (Lipinski definition) is 4. The molecule has 0 amide bonds. The normalized spacial score (nSPS) is 12.4. The summed E-state index contributed by atoms with van der Waals surface area (Å²) >= 11 is 0. The van der Waals surface area contributed by atoms with Crippen molar-refractivity contribution < 1.29 is 4.74 Å². The zero-order chi connectivity index (χ0) is 38.9. The Bertz CT molecular complexity index is 2920. The summed E-state index contributed by atoms with van der Waals surface area (Å²) in [7, 11) is 0. The van der Waals surface area contributed by atoms with Gasteiger partial charge < -0.3 is 4.74 Å².